The molecule has 3 heterocycles. The van der Waals surface area contributed by atoms with Gasteiger partial charge in [-0.05, 0) is 37.1 Å². The number of para-hydroxylation sites is 2. The van der Waals surface area contributed by atoms with Crippen LogP contribution in [0.3, 0.4) is 0 Å². The van der Waals surface area contributed by atoms with Crippen molar-refractivity contribution >= 4 is 29.3 Å². The summed E-state index contributed by atoms with van der Waals surface area (Å²) in [4.78, 5) is 13.1. The second kappa shape index (κ2) is 10.1. The van der Waals surface area contributed by atoms with Crippen LogP contribution in [0.15, 0.2) is 52.2 Å². The first-order valence-corrected chi connectivity index (χ1v) is 12.2. The van der Waals surface area contributed by atoms with Gasteiger partial charge in [-0.3, -0.25) is 4.57 Å². The highest BCUT2D eigenvalue weighted by Crippen LogP contribution is 2.36. The van der Waals surface area contributed by atoms with Crippen LogP contribution in [0.1, 0.15) is 44.0 Å². The standard InChI is InChI=1S/C23H26N8O2S/c1-32-17-11-6-5-10-16(17)25-22-27-19(26-21(24)28-22)14-34-23-30-29-20(18-12-7-13-33-18)31(23)15-8-3-2-4-9-15/h5-7,10-13,15H,2-4,8-9,14H2,1H3,(H3,24,25,26,27,28). The number of ether oxygens (including phenoxy) is 1. The molecule has 1 aliphatic carbocycles. The maximum Gasteiger partial charge on any atom is 0.232 e. The lowest BCUT2D eigenvalue weighted by molar-refractivity contribution is 0.337. The fourth-order valence-electron chi connectivity index (χ4n) is 4.17. The quantitative estimate of drug-likeness (QED) is 0.339. The molecular weight excluding hydrogens is 452 g/mol. The largest absolute Gasteiger partial charge is 0.495 e. The number of nitrogens with zero attached hydrogens (tertiary/aromatic N) is 6. The van der Waals surface area contributed by atoms with Gasteiger partial charge in [0.1, 0.15) is 11.6 Å². The number of hydrogen-bond acceptors (Lipinski definition) is 10. The van der Waals surface area contributed by atoms with Crippen LogP contribution >= 0.6 is 11.8 Å². The first-order chi connectivity index (χ1) is 16.7. The number of furan rings is 1. The van der Waals surface area contributed by atoms with E-state index in [1.807, 2.05) is 36.4 Å². The van der Waals surface area contributed by atoms with E-state index in [0.717, 1.165) is 35.3 Å². The summed E-state index contributed by atoms with van der Waals surface area (Å²) in [5.41, 5.74) is 6.72. The van der Waals surface area contributed by atoms with Crippen molar-refractivity contribution in [1.82, 2.24) is 29.7 Å². The van der Waals surface area contributed by atoms with E-state index >= 15 is 0 Å². The third-order valence-electron chi connectivity index (χ3n) is 5.73. The van der Waals surface area contributed by atoms with Crippen LogP contribution in [0, 0.1) is 0 Å². The lowest BCUT2D eigenvalue weighted by Crippen LogP contribution is -2.15. The van der Waals surface area contributed by atoms with Gasteiger partial charge in [0.05, 0.1) is 24.8 Å². The van der Waals surface area contributed by atoms with E-state index in [1.165, 1.54) is 31.0 Å². The predicted octanol–water partition coefficient (Wildman–Crippen LogP) is 4.86. The summed E-state index contributed by atoms with van der Waals surface area (Å²) in [6.07, 6.45) is 7.53. The Kier molecular flexibility index (Phi) is 6.61. The van der Waals surface area contributed by atoms with E-state index in [1.54, 1.807) is 13.4 Å². The summed E-state index contributed by atoms with van der Waals surface area (Å²) < 4.78 is 13.2. The number of nitrogen functional groups attached to an aromatic ring is 1. The van der Waals surface area contributed by atoms with Gasteiger partial charge in [-0.15, -0.1) is 10.2 Å². The zero-order valence-corrected chi connectivity index (χ0v) is 19.7. The number of hydrogen-bond donors (Lipinski definition) is 2. The molecule has 3 aromatic heterocycles. The van der Waals surface area contributed by atoms with Crippen molar-refractivity contribution in [2.24, 2.45) is 0 Å². The van der Waals surface area contributed by atoms with Crippen LogP contribution in [0.25, 0.3) is 11.6 Å². The maximum atomic E-state index is 5.98. The number of nitrogens with two attached hydrogens (primary N) is 1. The summed E-state index contributed by atoms with van der Waals surface area (Å²) in [5.74, 6) is 3.68. The SMILES string of the molecule is COc1ccccc1Nc1nc(N)nc(CSc2nnc(-c3ccco3)n2C2CCCCC2)n1. The fourth-order valence-corrected chi connectivity index (χ4v) is 5.03. The normalized spacial score (nSPS) is 14.3. The van der Waals surface area contributed by atoms with Crippen LogP contribution < -0.4 is 15.8 Å². The smallest absolute Gasteiger partial charge is 0.232 e. The molecule has 3 N–H and O–H groups in total. The average Bonchev–Trinajstić information content (AvgIpc) is 3.53. The number of aromatic nitrogens is 6. The van der Waals surface area contributed by atoms with Crippen LogP contribution in [-0.4, -0.2) is 36.8 Å². The van der Waals surface area contributed by atoms with Crippen molar-refractivity contribution in [1.29, 1.82) is 0 Å². The van der Waals surface area contributed by atoms with Crippen molar-refractivity contribution < 1.29 is 9.15 Å². The first-order valence-electron chi connectivity index (χ1n) is 11.2. The lowest BCUT2D eigenvalue weighted by Gasteiger charge is -2.25. The Labute approximate surface area is 201 Å². The van der Waals surface area contributed by atoms with Crippen molar-refractivity contribution in [2.45, 2.75) is 49.1 Å². The molecule has 0 unspecified atom stereocenters. The van der Waals surface area contributed by atoms with Gasteiger partial charge in [0.2, 0.25) is 17.7 Å². The highest BCUT2D eigenvalue weighted by Gasteiger charge is 2.25. The van der Waals surface area contributed by atoms with Gasteiger partial charge in [-0.1, -0.05) is 43.2 Å². The second-order valence-electron chi connectivity index (χ2n) is 7.99. The highest BCUT2D eigenvalue weighted by atomic mass is 32.2. The molecule has 0 amide bonds. The van der Waals surface area contributed by atoms with Gasteiger partial charge in [0.25, 0.3) is 0 Å². The van der Waals surface area contributed by atoms with E-state index in [2.05, 4.69) is 35.0 Å². The number of anilines is 3. The van der Waals surface area contributed by atoms with Crippen molar-refractivity contribution in [3.63, 3.8) is 0 Å². The van der Waals surface area contributed by atoms with Crippen molar-refractivity contribution in [3.8, 4) is 17.3 Å². The van der Waals surface area contributed by atoms with E-state index in [-0.39, 0.29) is 5.95 Å². The van der Waals surface area contributed by atoms with Crippen LogP contribution in [0.5, 0.6) is 5.75 Å². The summed E-state index contributed by atoms with van der Waals surface area (Å²) in [6, 6.07) is 11.7. The molecular formula is C23H26N8O2S. The van der Waals surface area contributed by atoms with E-state index in [4.69, 9.17) is 14.9 Å². The molecule has 0 saturated heterocycles. The summed E-state index contributed by atoms with van der Waals surface area (Å²) in [6.45, 7) is 0. The molecule has 176 valence electrons. The molecule has 0 radical (unpaired) electrons. The minimum Gasteiger partial charge on any atom is -0.495 e. The van der Waals surface area contributed by atoms with Crippen molar-refractivity contribution in [3.05, 3.63) is 48.5 Å². The molecule has 34 heavy (non-hydrogen) atoms. The number of methoxy groups -OCH3 is 1. The third-order valence-corrected chi connectivity index (χ3v) is 6.67. The van der Waals surface area contributed by atoms with Gasteiger partial charge in [0, 0.05) is 6.04 Å². The third kappa shape index (κ3) is 4.84. The van der Waals surface area contributed by atoms with Crippen LogP contribution in [0.4, 0.5) is 17.6 Å². The number of thioether (sulfide) groups is 1. The van der Waals surface area contributed by atoms with Gasteiger partial charge in [-0.2, -0.15) is 15.0 Å². The molecule has 11 heteroatoms. The molecule has 1 saturated carbocycles. The zero-order valence-electron chi connectivity index (χ0n) is 18.8. The molecule has 0 atom stereocenters. The molecule has 1 aromatic carbocycles. The molecule has 0 aliphatic heterocycles. The Morgan fingerprint density at radius 3 is 2.74 bits per heavy atom. The Bertz CT molecular complexity index is 1240. The summed E-state index contributed by atoms with van der Waals surface area (Å²) >= 11 is 1.53. The Morgan fingerprint density at radius 1 is 1.09 bits per heavy atom. The molecule has 1 fully saturated rings. The minimum atomic E-state index is 0.146. The molecule has 10 nitrogen and oxygen atoms in total. The first kappa shape index (κ1) is 22.2. The Hall–Kier alpha value is -3.60. The summed E-state index contributed by atoms with van der Waals surface area (Å²) in [5, 5.41) is 12.9. The summed E-state index contributed by atoms with van der Waals surface area (Å²) in [7, 11) is 1.61. The van der Waals surface area contributed by atoms with Gasteiger partial charge < -0.3 is 20.2 Å². The number of nitrogens with one attached hydrogen (secondary N) is 1. The minimum absolute atomic E-state index is 0.146. The van der Waals surface area contributed by atoms with Crippen LogP contribution in [0.2, 0.25) is 0 Å². The van der Waals surface area contributed by atoms with Crippen LogP contribution in [-0.2, 0) is 5.75 Å². The topological polar surface area (TPSA) is 130 Å². The van der Waals surface area contributed by atoms with Gasteiger partial charge in [0.15, 0.2) is 10.9 Å². The second-order valence-corrected chi connectivity index (χ2v) is 8.94. The molecule has 4 aromatic rings. The fraction of sp³-hybridized carbons (Fsp3) is 0.348. The monoisotopic (exact) mass is 478 g/mol. The van der Waals surface area contributed by atoms with E-state index in [9.17, 15) is 0 Å². The van der Waals surface area contributed by atoms with E-state index in [0.29, 0.717) is 29.3 Å². The lowest BCUT2D eigenvalue weighted by atomic mass is 9.95. The number of benzene rings is 1. The number of rotatable bonds is 8. The van der Waals surface area contributed by atoms with Gasteiger partial charge >= 0.3 is 0 Å². The molecule has 0 bridgehead atoms. The predicted molar refractivity (Wildman–Crippen MR) is 130 cm³/mol. The van der Waals surface area contributed by atoms with Crippen molar-refractivity contribution in [2.75, 3.05) is 18.2 Å². The van der Waals surface area contributed by atoms with Gasteiger partial charge in [-0.25, -0.2) is 0 Å². The zero-order chi connectivity index (χ0) is 23.3. The Morgan fingerprint density at radius 2 is 1.94 bits per heavy atom. The molecule has 0 spiro atoms. The molecule has 5 rings (SSSR count). The maximum absolute atomic E-state index is 5.98. The highest BCUT2D eigenvalue weighted by molar-refractivity contribution is 7.98. The van der Waals surface area contributed by atoms with E-state index < -0.39 is 0 Å². The Balaban J connectivity index is 1.38. The molecule has 1 aliphatic rings. The average molecular weight is 479 g/mol.